The average molecular weight is 246 g/mol. The van der Waals surface area contributed by atoms with Crippen molar-refractivity contribution < 1.29 is 4.74 Å². The van der Waals surface area contributed by atoms with E-state index in [9.17, 15) is 0 Å². The van der Waals surface area contributed by atoms with Crippen LogP contribution in [-0.2, 0) is 0 Å². The fourth-order valence-corrected chi connectivity index (χ4v) is 3.64. The summed E-state index contributed by atoms with van der Waals surface area (Å²) in [5, 5.41) is 0. The van der Waals surface area contributed by atoms with Gasteiger partial charge >= 0.3 is 0 Å². The molecule has 0 spiro atoms. The van der Waals surface area contributed by atoms with Crippen LogP contribution in [0.25, 0.3) is 0 Å². The van der Waals surface area contributed by atoms with Crippen molar-refractivity contribution in [3.8, 4) is 5.75 Å². The van der Waals surface area contributed by atoms with E-state index in [0.717, 1.165) is 23.3 Å². The van der Waals surface area contributed by atoms with Crippen LogP contribution in [0.3, 0.4) is 0 Å². The third-order valence-corrected chi connectivity index (χ3v) is 4.44. The highest BCUT2D eigenvalue weighted by atomic mass is 16.5. The van der Waals surface area contributed by atoms with Gasteiger partial charge in [0.1, 0.15) is 5.75 Å². The zero-order valence-electron chi connectivity index (χ0n) is 11.2. The van der Waals surface area contributed by atoms with Gasteiger partial charge in [0.2, 0.25) is 0 Å². The Labute approximate surface area is 109 Å². The van der Waals surface area contributed by atoms with Gasteiger partial charge in [-0.25, -0.2) is 0 Å². The molecule has 2 aliphatic rings. The van der Waals surface area contributed by atoms with Crippen LogP contribution >= 0.6 is 0 Å². The van der Waals surface area contributed by atoms with Gasteiger partial charge in [-0.05, 0) is 44.2 Å². The quantitative estimate of drug-likeness (QED) is 0.891. The minimum absolute atomic E-state index is 0.00952. The van der Waals surface area contributed by atoms with Crippen molar-refractivity contribution in [1.82, 2.24) is 0 Å². The van der Waals surface area contributed by atoms with E-state index in [1.165, 1.54) is 31.5 Å². The minimum Gasteiger partial charge on any atom is -0.496 e. The summed E-state index contributed by atoms with van der Waals surface area (Å²) in [6.07, 6.45) is 4.09. The molecule has 3 unspecified atom stereocenters. The average Bonchev–Trinajstić information content (AvgIpc) is 2.99. The summed E-state index contributed by atoms with van der Waals surface area (Å²) < 4.78 is 5.48. The third-order valence-electron chi connectivity index (χ3n) is 4.44. The van der Waals surface area contributed by atoms with Gasteiger partial charge in [0, 0.05) is 29.9 Å². The number of nitrogens with two attached hydrogens (primary N) is 1. The van der Waals surface area contributed by atoms with Gasteiger partial charge in [-0.1, -0.05) is 6.07 Å². The van der Waals surface area contributed by atoms with Crippen molar-refractivity contribution >= 4 is 5.69 Å². The molecule has 18 heavy (non-hydrogen) atoms. The molecule has 2 N–H and O–H groups in total. The van der Waals surface area contributed by atoms with Crippen LogP contribution in [0.4, 0.5) is 5.69 Å². The van der Waals surface area contributed by atoms with E-state index < -0.39 is 0 Å². The zero-order valence-corrected chi connectivity index (χ0v) is 11.2. The second-order valence-electron chi connectivity index (χ2n) is 5.67. The molecule has 1 aliphatic heterocycles. The minimum atomic E-state index is 0.00952. The molecule has 1 saturated heterocycles. The van der Waals surface area contributed by atoms with Crippen molar-refractivity contribution in [1.29, 1.82) is 0 Å². The molecule has 3 atom stereocenters. The monoisotopic (exact) mass is 246 g/mol. The highest BCUT2D eigenvalue weighted by Gasteiger charge is 2.39. The van der Waals surface area contributed by atoms with Crippen LogP contribution in [0.15, 0.2) is 18.2 Å². The van der Waals surface area contributed by atoms with E-state index in [-0.39, 0.29) is 6.04 Å². The van der Waals surface area contributed by atoms with Gasteiger partial charge in [-0.2, -0.15) is 0 Å². The van der Waals surface area contributed by atoms with Crippen LogP contribution in [0.2, 0.25) is 0 Å². The molecular formula is C15H22N2O. The molecule has 0 aromatic heterocycles. The maximum Gasteiger partial charge on any atom is 0.125 e. The molecule has 3 rings (SSSR count). The molecule has 0 amide bonds. The Bertz CT molecular complexity index is 444. The van der Waals surface area contributed by atoms with E-state index in [1.807, 2.05) is 13.0 Å². The molecule has 3 heteroatoms. The van der Waals surface area contributed by atoms with Crippen LogP contribution in [0.5, 0.6) is 5.75 Å². The number of hydrogen-bond acceptors (Lipinski definition) is 3. The van der Waals surface area contributed by atoms with Crippen LogP contribution < -0.4 is 15.4 Å². The van der Waals surface area contributed by atoms with Crippen molar-refractivity contribution in [2.45, 2.75) is 38.3 Å². The first-order valence-corrected chi connectivity index (χ1v) is 6.90. The number of rotatable bonds is 3. The summed E-state index contributed by atoms with van der Waals surface area (Å²) >= 11 is 0. The summed E-state index contributed by atoms with van der Waals surface area (Å²) in [6, 6.07) is 7.01. The summed E-state index contributed by atoms with van der Waals surface area (Å²) in [6.45, 7) is 3.23. The van der Waals surface area contributed by atoms with Crippen molar-refractivity contribution in [3.63, 3.8) is 0 Å². The summed E-state index contributed by atoms with van der Waals surface area (Å²) in [4.78, 5) is 2.55. The number of hydrogen-bond donors (Lipinski definition) is 1. The number of nitrogens with zero attached hydrogens (tertiary/aromatic N) is 1. The number of methoxy groups -OCH3 is 1. The molecular weight excluding hydrogens is 224 g/mol. The predicted octanol–water partition coefficient (Wildman–Crippen LogP) is 2.70. The Morgan fingerprint density at radius 1 is 1.39 bits per heavy atom. The fraction of sp³-hybridized carbons (Fsp3) is 0.600. The number of benzene rings is 1. The molecule has 1 heterocycles. The first-order chi connectivity index (χ1) is 8.70. The van der Waals surface area contributed by atoms with Crippen LogP contribution in [-0.4, -0.2) is 19.7 Å². The molecule has 2 fully saturated rings. The van der Waals surface area contributed by atoms with Crippen molar-refractivity contribution in [3.05, 3.63) is 23.8 Å². The lowest BCUT2D eigenvalue weighted by Crippen LogP contribution is -2.33. The summed E-state index contributed by atoms with van der Waals surface area (Å²) in [7, 11) is 1.72. The molecule has 2 bridgehead atoms. The number of anilines is 1. The van der Waals surface area contributed by atoms with Gasteiger partial charge in [0.15, 0.2) is 0 Å². The van der Waals surface area contributed by atoms with Gasteiger partial charge in [0.25, 0.3) is 0 Å². The molecule has 0 radical (unpaired) electrons. The lowest BCUT2D eigenvalue weighted by molar-refractivity contribution is 0.406. The van der Waals surface area contributed by atoms with Gasteiger partial charge in [0.05, 0.1) is 7.11 Å². The lowest BCUT2D eigenvalue weighted by atomic mass is 10.0. The largest absolute Gasteiger partial charge is 0.496 e. The topological polar surface area (TPSA) is 38.5 Å². The van der Waals surface area contributed by atoms with E-state index in [0.29, 0.717) is 0 Å². The Balaban J connectivity index is 2.01. The third kappa shape index (κ3) is 1.77. The van der Waals surface area contributed by atoms with Gasteiger partial charge < -0.3 is 15.4 Å². The molecule has 1 aromatic carbocycles. The maximum absolute atomic E-state index is 6.15. The Kier molecular flexibility index (Phi) is 2.94. The fourth-order valence-electron chi connectivity index (χ4n) is 3.64. The first kappa shape index (κ1) is 11.8. The lowest BCUT2D eigenvalue weighted by Gasteiger charge is -2.32. The smallest absolute Gasteiger partial charge is 0.125 e. The summed E-state index contributed by atoms with van der Waals surface area (Å²) in [5.41, 5.74) is 8.60. The van der Waals surface area contributed by atoms with E-state index in [2.05, 4.69) is 17.0 Å². The molecule has 3 nitrogen and oxygen atoms in total. The van der Waals surface area contributed by atoms with Crippen molar-refractivity contribution in [2.75, 3.05) is 18.6 Å². The molecule has 1 aliphatic carbocycles. The van der Waals surface area contributed by atoms with Gasteiger partial charge in [-0.3, -0.25) is 0 Å². The van der Waals surface area contributed by atoms with E-state index in [1.54, 1.807) is 7.11 Å². The normalized spacial score (nSPS) is 27.6. The second kappa shape index (κ2) is 4.47. The van der Waals surface area contributed by atoms with E-state index in [4.69, 9.17) is 10.5 Å². The first-order valence-electron chi connectivity index (χ1n) is 6.90. The Morgan fingerprint density at radius 2 is 2.22 bits per heavy atom. The highest BCUT2D eigenvalue weighted by Crippen LogP contribution is 2.43. The Hall–Kier alpha value is -1.22. The summed E-state index contributed by atoms with van der Waals surface area (Å²) in [5.74, 6) is 1.81. The van der Waals surface area contributed by atoms with Crippen molar-refractivity contribution in [2.24, 2.45) is 11.7 Å². The SMILES string of the molecule is COc1cccc(N2CC3CCC2C3)c1C(C)N. The zero-order chi connectivity index (χ0) is 12.7. The molecule has 1 aromatic rings. The van der Waals surface area contributed by atoms with Gasteiger partial charge in [-0.15, -0.1) is 0 Å². The number of fused-ring (bicyclic) bond motifs is 2. The number of piperidine rings is 1. The van der Waals surface area contributed by atoms with Crippen LogP contribution in [0.1, 0.15) is 37.8 Å². The maximum atomic E-state index is 6.15. The molecule has 98 valence electrons. The highest BCUT2D eigenvalue weighted by molar-refractivity contribution is 5.62. The predicted molar refractivity (Wildman–Crippen MR) is 74.1 cm³/mol. The second-order valence-corrected chi connectivity index (χ2v) is 5.67. The standard InChI is InChI=1S/C15H22N2O/c1-10(16)15-13(4-3-5-14(15)18-2)17-9-11-6-7-12(17)8-11/h3-5,10-12H,6-9,16H2,1-2H3. The molecule has 1 saturated carbocycles. The van der Waals surface area contributed by atoms with E-state index >= 15 is 0 Å². The Morgan fingerprint density at radius 3 is 2.78 bits per heavy atom. The van der Waals surface area contributed by atoms with Crippen LogP contribution in [0, 0.1) is 5.92 Å². The number of ether oxygens (including phenoxy) is 1.